The normalized spacial score (nSPS) is 13.5. The molecule has 0 bridgehead atoms. The van der Waals surface area contributed by atoms with Crippen LogP contribution in [0.2, 0.25) is 0 Å². The van der Waals surface area contributed by atoms with Gasteiger partial charge >= 0.3 is 0 Å². The second-order valence-electron chi connectivity index (χ2n) is 4.36. The van der Waals surface area contributed by atoms with Gasteiger partial charge in [-0.2, -0.15) is 0 Å². The molecule has 0 radical (unpaired) electrons. The van der Waals surface area contributed by atoms with Gasteiger partial charge in [-0.05, 0) is 31.7 Å². The summed E-state index contributed by atoms with van der Waals surface area (Å²) in [5.74, 6) is 0.745. The molecular formula is C12H27NO. The molecule has 0 aromatic carbocycles. The van der Waals surface area contributed by atoms with E-state index in [9.17, 15) is 0 Å². The van der Waals surface area contributed by atoms with Crippen molar-refractivity contribution in [2.24, 2.45) is 5.92 Å². The maximum absolute atomic E-state index is 5.58. The molecule has 1 N–H and O–H groups in total. The molecule has 1 unspecified atom stereocenters. The lowest BCUT2D eigenvalue weighted by molar-refractivity contribution is 0.105. The van der Waals surface area contributed by atoms with Crippen LogP contribution in [0, 0.1) is 5.92 Å². The van der Waals surface area contributed by atoms with Crippen LogP contribution in [0.5, 0.6) is 0 Å². The Kier molecular flexibility index (Phi) is 9.42. The molecule has 0 aliphatic rings. The molecule has 0 aromatic heterocycles. The van der Waals surface area contributed by atoms with Crippen LogP contribution in [0.3, 0.4) is 0 Å². The highest BCUT2D eigenvalue weighted by Gasteiger charge is 2.09. The summed E-state index contributed by atoms with van der Waals surface area (Å²) < 4.78 is 5.58. The van der Waals surface area contributed by atoms with E-state index in [-0.39, 0.29) is 0 Å². The van der Waals surface area contributed by atoms with E-state index in [1.54, 1.807) is 0 Å². The van der Waals surface area contributed by atoms with Crippen LogP contribution in [-0.4, -0.2) is 25.8 Å². The lowest BCUT2D eigenvalue weighted by Crippen LogP contribution is -2.35. The first-order valence-electron chi connectivity index (χ1n) is 6.01. The third-order valence-corrected chi connectivity index (χ3v) is 2.11. The van der Waals surface area contributed by atoms with Crippen molar-refractivity contribution in [3.63, 3.8) is 0 Å². The maximum atomic E-state index is 5.58. The van der Waals surface area contributed by atoms with Crippen molar-refractivity contribution in [3.05, 3.63) is 0 Å². The molecule has 0 heterocycles. The molecule has 0 saturated heterocycles. The standard InChI is InChI=1S/C12H27NO/c1-5-7-13-12(9-11(3)4)10-14-8-6-2/h11-13H,5-10H2,1-4H3. The van der Waals surface area contributed by atoms with Crippen molar-refractivity contribution in [2.75, 3.05) is 19.8 Å². The number of nitrogens with one attached hydrogen (secondary N) is 1. The lowest BCUT2D eigenvalue weighted by atomic mass is 10.0. The van der Waals surface area contributed by atoms with Crippen molar-refractivity contribution in [3.8, 4) is 0 Å². The predicted molar refractivity (Wildman–Crippen MR) is 62.6 cm³/mol. The van der Waals surface area contributed by atoms with E-state index < -0.39 is 0 Å². The van der Waals surface area contributed by atoms with Gasteiger partial charge in [0.2, 0.25) is 0 Å². The Morgan fingerprint density at radius 2 is 1.86 bits per heavy atom. The summed E-state index contributed by atoms with van der Waals surface area (Å²) in [6, 6.07) is 0.543. The van der Waals surface area contributed by atoms with Gasteiger partial charge in [0.05, 0.1) is 6.61 Å². The third kappa shape index (κ3) is 8.52. The first-order valence-corrected chi connectivity index (χ1v) is 6.01. The quantitative estimate of drug-likeness (QED) is 0.579. The molecule has 0 spiro atoms. The Labute approximate surface area is 89.4 Å². The summed E-state index contributed by atoms with van der Waals surface area (Å²) in [6.45, 7) is 11.7. The topological polar surface area (TPSA) is 21.3 Å². The minimum atomic E-state index is 0.543. The van der Waals surface area contributed by atoms with Gasteiger partial charge in [-0.25, -0.2) is 0 Å². The van der Waals surface area contributed by atoms with Gasteiger partial charge in [-0.15, -0.1) is 0 Å². The second-order valence-corrected chi connectivity index (χ2v) is 4.36. The lowest BCUT2D eigenvalue weighted by Gasteiger charge is -2.20. The smallest absolute Gasteiger partial charge is 0.0619 e. The largest absolute Gasteiger partial charge is 0.380 e. The van der Waals surface area contributed by atoms with E-state index in [2.05, 4.69) is 33.0 Å². The minimum absolute atomic E-state index is 0.543. The highest BCUT2D eigenvalue weighted by Crippen LogP contribution is 2.05. The molecule has 14 heavy (non-hydrogen) atoms. The molecule has 0 saturated carbocycles. The first kappa shape index (κ1) is 13.9. The van der Waals surface area contributed by atoms with Crippen molar-refractivity contribution >= 4 is 0 Å². The van der Waals surface area contributed by atoms with Crippen LogP contribution >= 0.6 is 0 Å². The van der Waals surface area contributed by atoms with Crippen molar-refractivity contribution in [1.29, 1.82) is 0 Å². The first-order chi connectivity index (χ1) is 6.70. The van der Waals surface area contributed by atoms with Crippen molar-refractivity contribution < 1.29 is 4.74 Å². The molecule has 2 nitrogen and oxygen atoms in total. The van der Waals surface area contributed by atoms with Gasteiger partial charge in [-0.3, -0.25) is 0 Å². The maximum Gasteiger partial charge on any atom is 0.0619 e. The van der Waals surface area contributed by atoms with Crippen LogP contribution < -0.4 is 5.32 Å². The Bertz CT molecular complexity index is 115. The molecule has 86 valence electrons. The third-order valence-electron chi connectivity index (χ3n) is 2.11. The average molecular weight is 201 g/mol. The number of rotatable bonds is 9. The Balaban J connectivity index is 3.61. The molecule has 0 rings (SSSR count). The average Bonchev–Trinajstić information content (AvgIpc) is 2.13. The minimum Gasteiger partial charge on any atom is -0.380 e. The second kappa shape index (κ2) is 9.47. The number of ether oxygens (including phenoxy) is 1. The fourth-order valence-corrected chi connectivity index (χ4v) is 1.50. The summed E-state index contributed by atoms with van der Waals surface area (Å²) in [5, 5.41) is 3.53. The molecule has 0 amide bonds. The van der Waals surface area contributed by atoms with Crippen LogP contribution in [0.4, 0.5) is 0 Å². The van der Waals surface area contributed by atoms with Gasteiger partial charge in [0, 0.05) is 12.6 Å². The Morgan fingerprint density at radius 1 is 1.14 bits per heavy atom. The van der Waals surface area contributed by atoms with Crippen molar-refractivity contribution in [2.45, 2.75) is 53.0 Å². The summed E-state index contributed by atoms with van der Waals surface area (Å²) in [4.78, 5) is 0. The fraction of sp³-hybridized carbons (Fsp3) is 1.00. The molecule has 1 atom stereocenters. The van der Waals surface area contributed by atoms with Gasteiger partial charge in [0.15, 0.2) is 0 Å². The Hall–Kier alpha value is -0.0800. The van der Waals surface area contributed by atoms with Crippen LogP contribution in [0.1, 0.15) is 47.0 Å². The Morgan fingerprint density at radius 3 is 2.36 bits per heavy atom. The van der Waals surface area contributed by atoms with Crippen molar-refractivity contribution in [1.82, 2.24) is 5.32 Å². The highest BCUT2D eigenvalue weighted by molar-refractivity contribution is 4.67. The fourth-order valence-electron chi connectivity index (χ4n) is 1.50. The zero-order chi connectivity index (χ0) is 10.8. The summed E-state index contributed by atoms with van der Waals surface area (Å²) >= 11 is 0. The van der Waals surface area contributed by atoms with Gasteiger partial charge in [0.1, 0.15) is 0 Å². The highest BCUT2D eigenvalue weighted by atomic mass is 16.5. The zero-order valence-corrected chi connectivity index (χ0v) is 10.3. The van der Waals surface area contributed by atoms with Gasteiger partial charge in [0.25, 0.3) is 0 Å². The van der Waals surface area contributed by atoms with Gasteiger partial charge < -0.3 is 10.1 Å². The molecule has 2 heteroatoms. The molecule has 0 aliphatic heterocycles. The monoisotopic (exact) mass is 201 g/mol. The van der Waals surface area contributed by atoms with Crippen LogP contribution in [-0.2, 0) is 4.74 Å². The molecule has 0 aromatic rings. The van der Waals surface area contributed by atoms with E-state index in [0.717, 1.165) is 32.1 Å². The van der Waals surface area contributed by atoms with Crippen LogP contribution in [0.25, 0.3) is 0 Å². The van der Waals surface area contributed by atoms with E-state index in [4.69, 9.17) is 4.74 Å². The summed E-state index contributed by atoms with van der Waals surface area (Å²) in [6.07, 6.45) is 3.52. The predicted octanol–water partition coefficient (Wildman–Crippen LogP) is 2.83. The molecular weight excluding hydrogens is 174 g/mol. The SMILES string of the molecule is CCCNC(COCCC)CC(C)C. The van der Waals surface area contributed by atoms with Gasteiger partial charge in [-0.1, -0.05) is 27.7 Å². The van der Waals surface area contributed by atoms with E-state index >= 15 is 0 Å². The molecule has 0 aliphatic carbocycles. The van der Waals surface area contributed by atoms with Crippen LogP contribution in [0.15, 0.2) is 0 Å². The van der Waals surface area contributed by atoms with E-state index in [0.29, 0.717) is 6.04 Å². The zero-order valence-electron chi connectivity index (χ0n) is 10.3. The van der Waals surface area contributed by atoms with E-state index in [1.165, 1.54) is 12.8 Å². The number of hydrogen-bond donors (Lipinski definition) is 1. The molecule has 0 fully saturated rings. The summed E-state index contributed by atoms with van der Waals surface area (Å²) in [7, 11) is 0. The number of hydrogen-bond acceptors (Lipinski definition) is 2. The van der Waals surface area contributed by atoms with E-state index in [1.807, 2.05) is 0 Å². The summed E-state index contributed by atoms with van der Waals surface area (Å²) in [5.41, 5.74) is 0.